The van der Waals surface area contributed by atoms with E-state index in [0.717, 1.165) is 45.2 Å². The molecule has 0 atom stereocenters. The summed E-state index contributed by atoms with van der Waals surface area (Å²) in [6, 6.07) is 17.5. The van der Waals surface area contributed by atoms with Crippen molar-refractivity contribution in [1.29, 1.82) is 0 Å². The number of rotatable bonds is 27. The molecule has 422 valence electrons. The monoisotopic (exact) mass is 1110 g/mol. The predicted molar refractivity (Wildman–Crippen MR) is 307 cm³/mol. The lowest BCUT2D eigenvalue weighted by Crippen LogP contribution is -3.00. The highest BCUT2D eigenvalue weighted by molar-refractivity contribution is 6.03. The molecule has 2 aromatic rings. The van der Waals surface area contributed by atoms with Crippen LogP contribution in [0.5, 0.6) is 0 Å². The summed E-state index contributed by atoms with van der Waals surface area (Å²) in [5.74, 6) is -0.241. The smallest absolute Gasteiger partial charge is 0.410 e. The molecule has 2 heterocycles. The first-order valence-corrected chi connectivity index (χ1v) is 28.0. The van der Waals surface area contributed by atoms with Crippen LogP contribution in [0.15, 0.2) is 96.8 Å². The van der Waals surface area contributed by atoms with Crippen LogP contribution in [-0.4, -0.2) is 107 Å². The quantitative estimate of drug-likeness (QED) is 0.0309. The summed E-state index contributed by atoms with van der Waals surface area (Å²) in [5.41, 5.74) is 5.82. The van der Waals surface area contributed by atoms with Gasteiger partial charge in [0.05, 0.1) is 5.41 Å². The molecule has 2 aliphatic heterocycles. The number of carbonyl (C=O) groups excluding carboxylic acids is 4. The van der Waals surface area contributed by atoms with E-state index in [1.807, 2.05) is 62.3 Å². The number of unbranched alkanes of at least 4 members (excludes halogenated alkanes) is 5. The summed E-state index contributed by atoms with van der Waals surface area (Å²) >= 11 is 0. The van der Waals surface area contributed by atoms with Gasteiger partial charge in [0.2, 0.25) is 11.6 Å². The van der Waals surface area contributed by atoms with Crippen molar-refractivity contribution in [2.24, 2.45) is 0 Å². The fourth-order valence-electron chi connectivity index (χ4n) is 9.70. The van der Waals surface area contributed by atoms with Gasteiger partial charge in [-0.05, 0) is 145 Å². The van der Waals surface area contributed by atoms with Gasteiger partial charge in [-0.3, -0.25) is 9.59 Å². The van der Waals surface area contributed by atoms with Crippen molar-refractivity contribution in [2.75, 3.05) is 50.7 Å². The van der Waals surface area contributed by atoms with E-state index < -0.39 is 29.0 Å². The lowest BCUT2D eigenvalue weighted by Gasteiger charge is -2.29. The van der Waals surface area contributed by atoms with E-state index in [1.54, 1.807) is 9.80 Å². The Hall–Kier alpha value is -5.17. The summed E-state index contributed by atoms with van der Waals surface area (Å²) < 4.78 is 19.3. The summed E-state index contributed by atoms with van der Waals surface area (Å²) in [5, 5.41) is 3.07. The Labute approximate surface area is 469 Å². The molecule has 0 aromatic heterocycles. The highest BCUT2D eigenvalue weighted by Gasteiger charge is 2.44. The number of allylic oxidation sites excluding steroid dienone is 8. The van der Waals surface area contributed by atoms with Crippen molar-refractivity contribution < 1.29 is 54.9 Å². The second-order valence-corrected chi connectivity index (χ2v) is 24.2. The van der Waals surface area contributed by atoms with Gasteiger partial charge in [-0.2, -0.15) is 4.58 Å². The SMILES string of the molecule is CCCCN1/C(=C/C=C/C=C/C=C/C2=[N+](CCCCCC(=O)NCCCN(CCCCN(CCCCC(=O)OC(C)(C)C)C(=O)OC(C)(C)C)C(=O)OC(C)(C)C)c3ccccc3C2(C)C)C(C)(C)c2ccccc21.[Br-]. The Kier molecular flexibility index (Phi) is 25.8. The van der Waals surface area contributed by atoms with Crippen molar-refractivity contribution in [3.63, 3.8) is 0 Å². The highest BCUT2D eigenvalue weighted by Crippen LogP contribution is 2.47. The van der Waals surface area contributed by atoms with Gasteiger partial charge in [-0.25, -0.2) is 9.59 Å². The molecule has 0 aliphatic carbocycles. The van der Waals surface area contributed by atoms with E-state index in [2.05, 4.69) is 140 Å². The summed E-state index contributed by atoms with van der Waals surface area (Å²) in [7, 11) is 0. The third-order valence-corrected chi connectivity index (χ3v) is 13.4. The number of hydrogen-bond acceptors (Lipinski definition) is 8. The summed E-state index contributed by atoms with van der Waals surface area (Å²) in [6.45, 7) is 32.2. The fourth-order valence-corrected chi connectivity index (χ4v) is 9.70. The number of esters is 1. The minimum atomic E-state index is -0.660. The lowest BCUT2D eigenvalue weighted by molar-refractivity contribution is -0.438. The van der Waals surface area contributed by atoms with Gasteiger partial charge in [0.15, 0.2) is 5.71 Å². The Bertz CT molecular complexity index is 2360. The molecule has 12 nitrogen and oxygen atoms in total. The van der Waals surface area contributed by atoms with Crippen LogP contribution >= 0.6 is 0 Å². The van der Waals surface area contributed by atoms with Crippen molar-refractivity contribution in [3.05, 3.63) is 108 Å². The van der Waals surface area contributed by atoms with Crippen LogP contribution in [0.1, 0.15) is 185 Å². The normalized spacial score (nSPS) is 15.6. The average molecular weight is 1120 g/mol. The van der Waals surface area contributed by atoms with Crippen LogP contribution in [0.4, 0.5) is 21.0 Å². The summed E-state index contributed by atoms with van der Waals surface area (Å²) in [6.07, 6.45) is 23.2. The molecule has 76 heavy (non-hydrogen) atoms. The van der Waals surface area contributed by atoms with E-state index in [9.17, 15) is 19.2 Å². The van der Waals surface area contributed by atoms with Gasteiger partial charge in [0.1, 0.15) is 23.3 Å². The maximum absolute atomic E-state index is 13.3. The number of amides is 3. The Morgan fingerprint density at radius 1 is 0.605 bits per heavy atom. The van der Waals surface area contributed by atoms with Gasteiger partial charge < -0.3 is 51.2 Å². The van der Waals surface area contributed by atoms with Crippen molar-refractivity contribution in [2.45, 2.75) is 202 Å². The Morgan fingerprint density at radius 2 is 1.13 bits per heavy atom. The van der Waals surface area contributed by atoms with E-state index >= 15 is 0 Å². The number of anilines is 1. The fraction of sp³-hybridized carbons (Fsp3) is 0.603. The molecule has 4 rings (SSSR count). The summed E-state index contributed by atoms with van der Waals surface area (Å²) in [4.78, 5) is 57.6. The maximum atomic E-state index is 13.3. The molecule has 0 radical (unpaired) electrons. The third-order valence-electron chi connectivity index (χ3n) is 13.4. The molecule has 0 saturated carbocycles. The molecule has 13 heteroatoms. The average Bonchev–Trinajstić information content (AvgIpc) is 3.66. The van der Waals surface area contributed by atoms with Gasteiger partial charge in [0, 0.05) is 93.0 Å². The topological polar surface area (TPSA) is 121 Å². The molecular weight excluding hydrogens is 1020 g/mol. The first-order valence-electron chi connectivity index (χ1n) is 28.0. The number of nitrogens with zero attached hydrogens (tertiary/aromatic N) is 4. The zero-order chi connectivity index (χ0) is 55.5. The molecule has 2 aromatic carbocycles. The van der Waals surface area contributed by atoms with Crippen LogP contribution in [0, 0.1) is 0 Å². The van der Waals surface area contributed by atoms with Gasteiger partial charge >= 0.3 is 18.2 Å². The minimum Gasteiger partial charge on any atom is -1.00 e. The zero-order valence-corrected chi connectivity index (χ0v) is 50.7. The molecule has 0 unspecified atom stereocenters. The van der Waals surface area contributed by atoms with E-state index in [1.165, 1.54) is 33.9 Å². The molecule has 0 fully saturated rings. The van der Waals surface area contributed by atoms with Crippen LogP contribution < -0.4 is 27.2 Å². The second kappa shape index (κ2) is 30.1. The molecule has 3 amide bonds. The molecule has 0 saturated heterocycles. The third kappa shape index (κ3) is 21.0. The van der Waals surface area contributed by atoms with Crippen LogP contribution in [0.3, 0.4) is 0 Å². The van der Waals surface area contributed by atoms with Crippen LogP contribution in [0.2, 0.25) is 0 Å². The molecule has 2 aliphatic rings. The van der Waals surface area contributed by atoms with E-state index in [4.69, 9.17) is 14.2 Å². The number of fused-ring (bicyclic) bond motifs is 2. The van der Waals surface area contributed by atoms with Crippen molar-refractivity contribution >= 4 is 41.1 Å². The second-order valence-electron chi connectivity index (χ2n) is 24.2. The van der Waals surface area contributed by atoms with Gasteiger partial charge in [-0.15, -0.1) is 0 Å². The van der Waals surface area contributed by atoms with Crippen molar-refractivity contribution in [3.8, 4) is 0 Å². The molecule has 0 bridgehead atoms. The van der Waals surface area contributed by atoms with Gasteiger partial charge in [-0.1, -0.05) is 94.0 Å². The Balaban J connectivity index is 0.0000152. The number of para-hydroxylation sites is 2. The zero-order valence-electron chi connectivity index (χ0n) is 49.1. The first kappa shape index (κ1) is 65.1. The number of halogens is 1. The van der Waals surface area contributed by atoms with Crippen molar-refractivity contribution in [1.82, 2.24) is 15.1 Å². The standard InChI is InChI=1S/C63H95N5O7.BrH/c1-15-16-47-67-51-36-26-24-34-49(51)62(11,12)53(67)38-21-18-17-19-22-39-54-63(13,14)50-35-25-27-37-52(50)68(54)48-29-20-23-40-55(69)64-42-33-46-66(58(72)75-61(8,9)10)45-32-31-44-65(57(71)74-60(5,6)7)43-30-28-41-56(70)73-59(2,3)4;/h17-19,21-22,24-27,34-39H,15-16,20,23,28-33,40-48H2,1-14H3;1H. The minimum absolute atomic E-state index is 0. The Morgan fingerprint density at radius 3 is 1.74 bits per heavy atom. The number of carbonyl (C=O) groups is 4. The predicted octanol–water partition coefficient (Wildman–Crippen LogP) is 11.1. The largest absolute Gasteiger partial charge is 1.00 e. The molecule has 1 N–H and O–H groups in total. The maximum Gasteiger partial charge on any atom is 0.410 e. The highest BCUT2D eigenvalue weighted by atomic mass is 79.9. The molecule has 0 spiro atoms. The number of nitrogens with one attached hydrogen (secondary N) is 1. The van der Waals surface area contributed by atoms with E-state index in [0.29, 0.717) is 71.2 Å². The number of ether oxygens (including phenoxy) is 3. The number of hydrogen-bond donors (Lipinski definition) is 1. The number of benzene rings is 2. The molecular formula is C63H96BrN5O7. The van der Waals surface area contributed by atoms with Gasteiger partial charge in [0.25, 0.3) is 0 Å². The van der Waals surface area contributed by atoms with E-state index in [-0.39, 0.29) is 46.1 Å². The van der Waals surface area contributed by atoms with Crippen LogP contribution in [0.25, 0.3) is 0 Å². The first-order chi connectivity index (χ1) is 35.2. The van der Waals surface area contributed by atoms with Crippen LogP contribution in [-0.2, 0) is 34.6 Å². The lowest BCUT2D eigenvalue weighted by atomic mass is 9.81.